The van der Waals surface area contributed by atoms with Crippen molar-refractivity contribution in [1.29, 1.82) is 10.5 Å². The smallest absolute Gasteiger partial charge is 0.419 e. The summed E-state index contributed by atoms with van der Waals surface area (Å²) in [5, 5.41) is 41.9. The van der Waals surface area contributed by atoms with Crippen LogP contribution in [0, 0.1) is 28.5 Å². The number of carbonyl (C=O) groups excluding carboxylic acids is 1. The summed E-state index contributed by atoms with van der Waals surface area (Å²) < 4.78 is 54.8. The number of halogens is 4. The van der Waals surface area contributed by atoms with Crippen molar-refractivity contribution in [2.45, 2.75) is 44.4 Å². The fourth-order valence-corrected chi connectivity index (χ4v) is 5.51. The Balaban J connectivity index is 1.37. The molecule has 1 amide bonds. The van der Waals surface area contributed by atoms with Gasteiger partial charge in [0, 0.05) is 73.8 Å². The Morgan fingerprint density at radius 3 is 2.31 bits per heavy atom. The number of nitrogens with one attached hydrogen (secondary N) is 2. The number of nitriles is 2. The Bertz CT molecular complexity index is 1900. The largest absolute Gasteiger partial charge is 0.507 e. The molecule has 246 valence electrons. The Morgan fingerprint density at radius 1 is 1.00 bits per heavy atom. The summed E-state index contributed by atoms with van der Waals surface area (Å²) in [5.41, 5.74) is 1.76. The summed E-state index contributed by atoms with van der Waals surface area (Å²) in [6, 6.07) is 10.6. The molecule has 11 nitrogen and oxygen atoms in total. The van der Waals surface area contributed by atoms with Crippen LogP contribution in [0.2, 0.25) is 0 Å². The molecule has 15 heteroatoms. The number of hydrogen-bond donors (Lipinski definition) is 4. The Morgan fingerprint density at radius 2 is 1.71 bits per heavy atom. The molecule has 0 bridgehead atoms. The van der Waals surface area contributed by atoms with Crippen molar-refractivity contribution in [3.63, 3.8) is 0 Å². The maximum Gasteiger partial charge on any atom is 0.419 e. The zero-order valence-corrected chi connectivity index (χ0v) is 25.2. The van der Waals surface area contributed by atoms with E-state index in [4.69, 9.17) is 5.21 Å². The van der Waals surface area contributed by atoms with E-state index >= 15 is 0 Å². The summed E-state index contributed by atoms with van der Waals surface area (Å²) >= 11 is 0. The third-order valence-corrected chi connectivity index (χ3v) is 8.01. The normalized spacial score (nSPS) is 13.5. The highest BCUT2D eigenvalue weighted by Gasteiger charge is 2.34. The summed E-state index contributed by atoms with van der Waals surface area (Å²) in [5.74, 6) is -1.58. The minimum absolute atomic E-state index is 0.0578. The molecule has 1 saturated heterocycles. The number of nitrogens with zero attached hydrogens (tertiary/aromatic N) is 6. The van der Waals surface area contributed by atoms with Gasteiger partial charge in [-0.3, -0.25) is 10.0 Å². The SMILES string of the molecule is N#Cc1ccc(-c2c(-c3ccc(C(F)(F)F)c(O)c3)cnc(N3CCC(NCc4cnc(CCC(=O)NO)nc4)CC3)c2C#N)cc1F. The monoisotopic (exact) mass is 660 g/mol. The van der Waals surface area contributed by atoms with Crippen LogP contribution in [0.3, 0.4) is 0 Å². The fourth-order valence-electron chi connectivity index (χ4n) is 5.51. The van der Waals surface area contributed by atoms with E-state index in [-0.39, 0.29) is 52.3 Å². The molecule has 0 unspecified atom stereocenters. The van der Waals surface area contributed by atoms with Gasteiger partial charge in [-0.05, 0) is 48.2 Å². The van der Waals surface area contributed by atoms with E-state index in [9.17, 15) is 38.0 Å². The zero-order valence-electron chi connectivity index (χ0n) is 25.2. The Kier molecular flexibility index (Phi) is 10.1. The Labute approximate surface area is 272 Å². The minimum Gasteiger partial charge on any atom is -0.507 e. The molecule has 1 aliphatic heterocycles. The number of aryl methyl sites for hydroxylation is 1. The molecule has 2 aromatic carbocycles. The van der Waals surface area contributed by atoms with Gasteiger partial charge < -0.3 is 15.3 Å². The number of phenols is 1. The van der Waals surface area contributed by atoms with E-state index in [2.05, 4.69) is 26.3 Å². The summed E-state index contributed by atoms with van der Waals surface area (Å²) in [6.07, 6.45) is 1.62. The topological polar surface area (TPSA) is 171 Å². The van der Waals surface area contributed by atoms with Crippen molar-refractivity contribution < 1.29 is 32.7 Å². The predicted molar refractivity (Wildman–Crippen MR) is 164 cm³/mol. The van der Waals surface area contributed by atoms with Crippen LogP contribution in [-0.2, 0) is 23.9 Å². The molecule has 0 atom stereocenters. The van der Waals surface area contributed by atoms with Gasteiger partial charge in [-0.1, -0.05) is 12.1 Å². The summed E-state index contributed by atoms with van der Waals surface area (Å²) in [7, 11) is 0. The lowest BCUT2D eigenvalue weighted by Gasteiger charge is -2.34. The fraction of sp³-hybridized carbons (Fsp3) is 0.273. The van der Waals surface area contributed by atoms with Gasteiger partial charge in [0.05, 0.1) is 11.1 Å². The first-order valence-electron chi connectivity index (χ1n) is 14.8. The Hall–Kier alpha value is -5.64. The van der Waals surface area contributed by atoms with Gasteiger partial charge in [-0.2, -0.15) is 23.7 Å². The maximum atomic E-state index is 14.8. The number of hydroxylamine groups is 1. The molecular weight excluding hydrogens is 632 g/mol. The molecule has 5 rings (SSSR count). The number of anilines is 1. The van der Waals surface area contributed by atoms with Crippen LogP contribution in [0.15, 0.2) is 55.0 Å². The van der Waals surface area contributed by atoms with Crippen LogP contribution < -0.4 is 15.7 Å². The summed E-state index contributed by atoms with van der Waals surface area (Å²) in [6.45, 7) is 1.50. The molecule has 4 N–H and O–H groups in total. The highest BCUT2D eigenvalue weighted by molar-refractivity contribution is 5.90. The first-order chi connectivity index (χ1) is 23.0. The number of benzene rings is 2. The molecule has 3 heterocycles. The van der Waals surface area contributed by atoms with Crippen molar-refractivity contribution in [3.8, 4) is 40.1 Å². The van der Waals surface area contributed by atoms with E-state index < -0.39 is 29.2 Å². The summed E-state index contributed by atoms with van der Waals surface area (Å²) in [4.78, 5) is 26.2. The maximum absolute atomic E-state index is 14.8. The van der Waals surface area contributed by atoms with Crippen LogP contribution in [0.5, 0.6) is 5.75 Å². The molecule has 0 aliphatic carbocycles. The van der Waals surface area contributed by atoms with Gasteiger partial charge in [0.15, 0.2) is 0 Å². The lowest BCUT2D eigenvalue weighted by Crippen LogP contribution is -2.43. The number of aromatic nitrogens is 3. The van der Waals surface area contributed by atoms with Gasteiger partial charge in [-0.15, -0.1) is 0 Å². The van der Waals surface area contributed by atoms with Crippen molar-refractivity contribution in [1.82, 2.24) is 25.7 Å². The number of alkyl halides is 3. The van der Waals surface area contributed by atoms with Crippen LogP contribution in [0.25, 0.3) is 22.3 Å². The quantitative estimate of drug-likeness (QED) is 0.109. The molecule has 0 spiro atoms. The van der Waals surface area contributed by atoms with Gasteiger partial charge in [0.1, 0.15) is 40.9 Å². The van der Waals surface area contributed by atoms with E-state index in [0.29, 0.717) is 44.1 Å². The third kappa shape index (κ3) is 7.49. The predicted octanol–water partition coefficient (Wildman–Crippen LogP) is 5.01. The number of aromatic hydroxyl groups is 1. The average molecular weight is 661 g/mol. The van der Waals surface area contributed by atoms with Gasteiger partial charge in [0.25, 0.3) is 0 Å². The van der Waals surface area contributed by atoms with Crippen molar-refractivity contribution in [2.75, 3.05) is 18.0 Å². The molecule has 1 aliphatic rings. The minimum atomic E-state index is -4.79. The number of carbonyl (C=O) groups is 1. The van der Waals surface area contributed by atoms with Gasteiger partial charge in [-0.25, -0.2) is 24.8 Å². The number of pyridine rings is 1. The highest BCUT2D eigenvalue weighted by atomic mass is 19.4. The average Bonchev–Trinajstić information content (AvgIpc) is 3.09. The lowest BCUT2D eigenvalue weighted by molar-refractivity contribution is -0.138. The second-order valence-electron chi connectivity index (χ2n) is 11.1. The van der Waals surface area contributed by atoms with E-state index in [1.807, 2.05) is 4.90 Å². The van der Waals surface area contributed by atoms with Gasteiger partial charge >= 0.3 is 6.18 Å². The third-order valence-electron chi connectivity index (χ3n) is 8.01. The molecule has 4 aromatic rings. The second kappa shape index (κ2) is 14.4. The first kappa shape index (κ1) is 33.7. The molecular formula is C33H28F4N8O3. The molecule has 48 heavy (non-hydrogen) atoms. The van der Waals surface area contributed by atoms with Gasteiger partial charge in [0.2, 0.25) is 5.91 Å². The van der Waals surface area contributed by atoms with Crippen LogP contribution in [0.4, 0.5) is 23.4 Å². The van der Waals surface area contributed by atoms with Crippen molar-refractivity contribution in [3.05, 3.63) is 88.9 Å². The van der Waals surface area contributed by atoms with E-state index in [0.717, 1.165) is 29.8 Å². The number of hydrogen-bond acceptors (Lipinski definition) is 10. The molecule has 0 saturated carbocycles. The highest BCUT2D eigenvalue weighted by Crippen LogP contribution is 2.42. The van der Waals surface area contributed by atoms with Crippen molar-refractivity contribution in [2.24, 2.45) is 0 Å². The van der Waals surface area contributed by atoms with E-state index in [1.54, 1.807) is 23.9 Å². The van der Waals surface area contributed by atoms with Crippen LogP contribution in [0.1, 0.15) is 47.3 Å². The van der Waals surface area contributed by atoms with Crippen LogP contribution in [-0.4, -0.2) is 50.3 Å². The molecule has 0 radical (unpaired) electrons. The number of rotatable bonds is 9. The number of piperidine rings is 1. The number of amides is 1. The zero-order chi connectivity index (χ0) is 34.4. The molecule has 2 aromatic heterocycles. The standard InChI is InChI=1S/C33H28F4N8O3/c34-27-11-21(1-2-22(27)13-38)31-24(14-39)32(43-18-25(31)20-3-4-26(28(46)12-20)33(35,36)37)45-9-7-23(8-10-45)40-15-19-16-41-29(42-17-19)5-6-30(47)44-48/h1-4,11-12,16-18,23,40,46,48H,5-10,15H2,(H,44,47). The van der Waals surface area contributed by atoms with Crippen LogP contribution >= 0.6 is 0 Å². The van der Waals surface area contributed by atoms with Crippen molar-refractivity contribution >= 4 is 11.7 Å². The molecule has 1 fully saturated rings. The first-order valence-corrected chi connectivity index (χ1v) is 14.8. The lowest BCUT2D eigenvalue weighted by atomic mass is 9.90. The van der Waals surface area contributed by atoms with E-state index in [1.165, 1.54) is 18.3 Å². The number of phenolic OH excluding ortho intramolecular Hbond substituents is 1. The second-order valence-corrected chi connectivity index (χ2v) is 11.1.